The number of nitrogens with one attached hydrogen (secondary N) is 1. The molecule has 13 heteroatoms. The molecule has 3 aromatic rings. The highest BCUT2D eigenvalue weighted by atomic mass is 35.5. The first-order valence-corrected chi connectivity index (χ1v) is 10.9. The average molecular weight is 507 g/mol. The molecule has 3 N–H and O–H groups in total. The van der Waals surface area contributed by atoms with Gasteiger partial charge in [-0.3, -0.25) is 9.59 Å². The number of hydrogen-bond donors (Lipinski definition) is 2. The number of methoxy groups -OCH3 is 1. The molecule has 3 heterocycles. The molecule has 0 unspecified atom stereocenters. The summed E-state index contributed by atoms with van der Waals surface area (Å²) in [6.45, 7) is -0.812. The van der Waals surface area contributed by atoms with Crippen molar-refractivity contribution in [3.8, 4) is 0 Å². The monoisotopic (exact) mass is 506 g/mol. The molecule has 1 aromatic carbocycles. The number of carbonyl (C=O) groups excluding carboxylic acids is 3. The fourth-order valence-electron chi connectivity index (χ4n) is 4.06. The van der Waals surface area contributed by atoms with Gasteiger partial charge in [0, 0.05) is 24.7 Å². The zero-order valence-corrected chi connectivity index (χ0v) is 19.3. The number of esters is 1. The molecule has 0 spiro atoms. The van der Waals surface area contributed by atoms with Crippen LogP contribution in [0.5, 0.6) is 0 Å². The van der Waals surface area contributed by atoms with Crippen LogP contribution >= 0.6 is 11.6 Å². The van der Waals surface area contributed by atoms with E-state index < -0.39 is 35.8 Å². The number of benzene rings is 1. The summed E-state index contributed by atoms with van der Waals surface area (Å²) in [4.78, 5) is 47.2. The number of nitrogens with two attached hydrogens (primary N) is 1. The molecule has 184 valence electrons. The third kappa shape index (κ3) is 4.74. The lowest BCUT2D eigenvalue weighted by atomic mass is 10.1. The van der Waals surface area contributed by atoms with Gasteiger partial charge in [0.05, 0.1) is 29.6 Å². The molecule has 0 aliphatic carbocycles. The van der Waals surface area contributed by atoms with Gasteiger partial charge < -0.3 is 25.3 Å². The molecular formula is C22H21ClF2N6O4. The van der Waals surface area contributed by atoms with E-state index in [0.29, 0.717) is 0 Å². The second-order valence-electron chi connectivity index (χ2n) is 7.95. The van der Waals surface area contributed by atoms with Crippen molar-refractivity contribution in [2.45, 2.75) is 31.7 Å². The molecule has 0 saturated carbocycles. The van der Waals surface area contributed by atoms with Crippen molar-refractivity contribution < 1.29 is 27.9 Å². The average Bonchev–Trinajstić information content (AvgIpc) is 3.41. The predicted molar refractivity (Wildman–Crippen MR) is 122 cm³/mol. The van der Waals surface area contributed by atoms with Gasteiger partial charge in [0.15, 0.2) is 0 Å². The molecule has 0 radical (unpaired) electrons. The van der Waals surface area contributed by atoms with E-state index in [0.717, 1.165) is 4.90 Å². The topological polar surface area (TPSA) is 132 Å². The van der Waals surface area contributed by atoms with Gasteiger partial charge in [-0.15, -0.1) is 0 Å². The van der Waals surface area contributed by atoms with Crippen molar-refractivity contribution in [3.05, 3.63) is 52.7 Å². The molecule has 10 nitrogen and oxygen atoms in total. The maximum atomic E-state index is 14.3. The summed E-state index contributed by atoms with van der Waals surface area (Å²) >= 11 is 5.76. The Kier molecular flexibility index (Phi) is 6.83. The Morgan fingerprint density at radius 1 is 1.31 bits per heavy atom. The summed E-state index contributed by atoms with van der Waals surface area (Å²) < 4.78 is 34.5. The highest BCUT2D eigenvalue weighted by Gasteiger charge is 2.40. The molecule has 1 saturated heterocycles. The van der Waals surface area contributed by atoms with Crippen molar-refractivity contribution >= 4 is 46.2 Å². The Morgan fingerprint density at radius 2 is 2.09 bits per heavy atom. The number of fused-ring (bicyclic) bond motifs is 1. The van der Waals surface area contributed by atoms with E-state index in [9.17, 15) is 23.2 Å². The number of nitrogens with zero attached hydrogens (tertiary/aromatic N) is 4. The number of halogens is 3. The van der Waals surface area contributed by atoms with E-state index in [1.165, 1.54) is 42.4 Å². The second kappa shape index (κ2) is 9.82. The highest BCUT2D eigenvalue weighted by Crippen LogP contribution is 2.26. The minimum Gasteiger partial charge on any atom is -0.465 e. The number of ether oxygens (including phenoxy) is 1. The molecule has 35 heavy (non-hydrogen) atoms. The van der Waals surface area contributed by atoms with E-state index in [1.807, 2.05) is 0 Å². The molecular weight excluding hydrogens is 486 g/mol. The van der Waals surface area contributed by atoms with Gasteiger partial charge in [-0.05, 0) is 6.07 Å². The zero-order valence-electron chi connectivity index (χ0n) is 18.5. The lowest BCUT2D eigenvalue weighted by Crippen LogP contribution is -2.46. The summed E-state index contributed by atoms with van der Waals surface area (Å²) in [5, 5.41) is 2.67. The standard InChI is InChI=1S/C22H21ClF2N6O4/c1-35-22(34)13-8-30(20-17(13)19(26)28-10-29-20)9-16(32)31-7-12(24)5-15(31)21(33)27-6-11-3-2-4-14(23)18(11)25/h2-4,8,10,12,15H,5-7,9H2,1H3,(H,27,33)(H2,26,28,29)/t12-,15+/m1/s1. The van der Waals surface area contributed by atoms with Crippen LogP contribution in [0.2, 0.25) is 5.02 Å². The van der Waals surface area contributed by atoms with Crippen LogP contribution in [0.1, 0.15) is 22.3 Å². The van der Waals surface area contributed by atoms with Crippen molar-refractivity contribution in [1.82, 2.24) is 24.8 Å². The minimum atomic E-state index is -1.41. The number of alkyl halides is 1. The molecule has 2 amide bonds. The smallest absolute Gasteiger partial charge is 0.340 e. The number of carbonyl (C=O) groups is 3. The number of amides is 2. The van der Waals surface area contributed by atoms with Crippen LogP contribution in [-0.2, 0) is 27.4 Å². The maximum Gasteiger partial charge on any atom is 0.340 e. The number of likely N-dealkylation sites (tertiary alicyclic amines) is 1. The summed E-state index contributed by atoms with van der Waals surface area (Å²) in [7, 11) is 1.20. The van der Waals surface area contributed by atoms with Gasteiger partial charge in [-0.25, -0.2) is 23.5 Å². The van der Waals surface area contributed by atoms with Crippen LogP contribution in [0, 0.1) is 5.82 Å². The first-order chi connectivity index (χ1) is 16.7. The number of rotatable bonds is 6. The largest absolute Gasteiger partial charge is 0.465 e. The van der Waals surface area contributed by atoms with Crippen LogP contribution in [0.4, 0.5) is 14.6 Å². The van der Waals surface area contributed by atoms with E-state index in [4.69, 9.17) is 22.1 Å². The lowest BCUT2D eigenvalue weighted by Gasteiger charge is -2.24. The first kappa shape index (κ1) is 24.3. The van der Waals surface area contributed by atoms with Crippen molar-refractivity contribution in [3.63, 3.8) is 0 Å². The normalized spacial score (nSPS) is 17.5. The highest BCUT2D eigenvalue weighted by molar-refractivity contribution is 6.30. The Bertz CT molecular complexity index is 1320. The van der Waals surface area contributed by atoms with Gasteiger partial charge >= 0.3 is 5.97 Å². The molecule has 2 aromatic heterocycles. The Labute approximate surface area is 203 Å². The van der Waals surface area contributed by atoms with Gasteiger partial charge in [0.2, 0.25) is 11.8 Å². The summed E-state index contributed by atoms with van der Waals surface area (Å²) in [6, 6.07) is 3.28. The molecule has 1 fully saturated rings. The van der Waals surface area contributed by atoms with E-state index in [-0.39, 0.29) is 59.1 Å². The summed E-state index contributed by atoms with van der Waals surface area (Å²) in [5.74, 6) is -2.54. The zero-order chi connectivity index (χ0) is 25.3. The predicted octanol–water partition coefficient (Wildman–Crippen LogP) is 1.85. The lowest BCUT2D eigenvalue weighted by molar-refractivity contribution is -0.139. The summed E-state index contributed by atoms with van der Waals surface area (Å²) in [5.41, 5.74) is 6.32. The van der Waals surface area contributed by atoms with Crippen LogP contribution in [0.3, 0.4) is 0 Å². The van der Waals surface area contributed by atoms with Crippen LogP contribution < -0.4 is 11.1 Å². The minimum absolute atomic E-state index is 0.0251. The van der Waals surface area contributed by atoms with E-state index >= 15 is 0 Å². The fourth-order valence-corrected chi connectivity index (χ4v) is 4.26. The number of anilines is 1. The van der Waals surface area contributed by atoms with E-state index in [1.54, 1.807) is 0 Å². The first-order valence-electron chi connectivity index (χ1n) is 10.5. The van der Waals surface area contributed by atoms with Gasteiger partial charge in [0.25, 0.3) is 0 Å². The quantitative estimate of drug-likeness (QED) is 0.487. The van der Waals surface area contributed by atoms with Crippen LogP contribution in [-0.4, -0.2) is 63.1 Å². The summed E-state index contributed by atoms with van der Waals surface area (Å²) in [6.07, 6.45) is 0.908. The second-order valence-corrected chi connectivity index (χ2v) is 8.35. The SMILES string of the molecule is COC(=O)c1cn(CC(=O)N2C[C@H](F)C[C@H]2C(=O)NCc2cccc(Cl)c2F)c2ncnc(N)c12. The Balaban J connectivity index is 1.53. The van der Waals surface area contributed by atoms with Gasteiger partial charge in [-0.1, -0.05) is 23.7 Å². The Morgan fingerprint density at radius 3 is 2.83 bits per heavy atom. The Hall–Kier alpha value is -3.80. The van der Waals surface area contributed by atoms with Gasteiger partial charge in [-0.2, -0.15) is 0 Å². The molecule has 2 atom stereocenters. The van der Waals surface area contributed by atoms with Crippen molar-refractivity contribution in [2.24, 2.45) is 0 Å². The van der Waals surface area contributed by atoms with Gasteiger partial charge in [0.1, 0.15) is 42.4 Å². The van der Waals surface area contributed by atoms with Crippen LogP contribution in [0.25, 0.3) is 11.0 Å². The van der Waals surface area contributed by atoms with Crippen molar-refractivity contribution in [1.29, 1.82) is 0 Å². The molecule has 0 bridgehead atoms. The third-order valence-corrected chi connectivity index (χ3v) is 6.04. The maximum absolute atomic E-state index is 14.3. The number of nitrogen functional groups attached to an aromatic ring is 1. The number of aromatic nitrogens is 3. The molecule has 1 aliphatic heterocycles. The van der Waals surface area contributed by atoms with E-state index in [2.05, 4.69) is 15.3 Å². The molecule has 4 rings (SSSR count). The molecule has 1 aliphatic rings. The van der Waals surface area contributed by atoms with Crippen molar-refractivity contribution in [2.75, 3.05) is 19.4 Å². The third-order valence-electron chi connectivity index (χ3n) is 5.75. The van der Waals surface area contributed by atoms with Crippen LogP contribution in [0.15, 0.2) is 30.7 Å². The fraction of sp³-hybridized carbons (Fsp3) is 0.318. The number of hydrogen-bond acceptors (Lipinski definition) is 7.